The maximum absolute atomic E-state index is 8.99. The van der Waals surface area contributed by atoms with Gasteiger partial charge in [0.2, 0.25) is 0 Å². The first kappa shape index (κ1) is 18.0. The van der Waals surface area contributed by atoms with Gasteiger partial charge in [0, 0.05) is 4.91 Å². The van der Waals surface area contributed by atoms with E-state index in [1.54, 1.807) is 0 Å². The van der Waals surface area contributed by atoms with Crippen LogP contribution < -0.4 is 0 Å². The quantitative estimate of drug-likeness (QED) is 0.425. The molecule has 2 unspecified atom stereocenters. The topological polar surface area (TPSA) is 85.7 Å². The maximum atomic E-state index is 8.99. The predicted molar refractivity (Wildman–Crippen MR) is 97.6 cm³/mol. The molecule has 5 atom stereocenters. The third kappa shape index (κ3) is 4.13. The molecule has 2 aromatic rings. The first-order valence-electron chi connectivity index (χ1n) is 8.97. The Morgan fingerprint density at radius 2 is 1.52 bits per heavy atom. The van der Waals surface area contributed by atoms with Gasteiger partial charge in [-0.05, 0) is 16.7 Å². The van der Waals surface area contributed by atoms with Crippen molar-refractivity contribution in [1.82, 2.24) is 0 Å². The minimum Gasteiger partial charge on any atom is -0.370 e. The standard InChI is InChI=1S/C20H21N3O4/c21-23-22-17-19(25-12-15-9-5-2-6-10-15)18(16-13-26-20(17)27-16)24-11-14-7-3-1-4-8-14/h1-10,16-20H,11-13H2/t16?,17-,18+,19-,20?/m0/s1. The molecular formula is C20H21N3O4. The molecule has 2 aliphatic rings. The van der Waals surface area contributed by atoms with Gasteiger partial charge in [0.25, 0.3) is 0 Å². The average Bonchev–Trinajstić information content (AvgIpc) is 3.15. The van der Waals surface area contributed by atoms with Crippen molar-refractivity contribution >= 4 is 0 Å². The fraction of sp³-hybridized carbons (Fsp3) is 0.400. The summed E-state index contributed by atoms with van der Waals surface area (Å²) in [7, 11) is 0. The molecule has 2 saturated heterocycles. The Kier molecular flexibility index (Phi) is 5.67. The van der Waals surface area contributed by atoms with Crippen LogP contribution in [0.5, 0.6) is 0 Å². The molecule has 2 bridgehead atoms. The lowest BCUT2D eigenvalue weighted by molar-refractivity contribution is -0.211. The lowest BCUT2D eigenvalue weighted by Gasteiger charge is -2.38. The molecule has 0 amide bonds. The number of ether oxygens (including phenoxy) is 4. The molecule has 4 rings (SSSR count). The summed E-state index contributed by atoms with van der Waals surface area (Å²) in [6.07, 6.45) is -1.67. The second kappa shape index (κ2) is 8.52. The summed E-state index contributed by atoms with van der Waals surface area (Å²) >= 11 is 0. The molecule has 2 aliphatic heterocycles. The summed E-state index contributed by atoms with van der Waals surface area (Å²) in [6.45, 7) is 1.21. The van der Waals surface area contributed by atoms with Gasteiger partial charge in [-0.1, -0.05) is 65.8 Å². The summed E-state index contributed by atoms with van der Waals surface area (Å²) in [4.78, 5) is 2.96. The highest BCUT2D eigenvalue weighted by Gasteiger charge is 2.51. The molecule has 0 N–H and O–H groups in total. The molecule has 0 aromatic heterocycles. The Labute approximate surface area is 157 Å². The normalized spacial score (nSPS) is 29.3. The molecule has 140 valence electrons. The van der Waals surface area contributed by atoms with Gasteiger partial charge in [-0.2, -0.15) is 0 Å². The third-order valence-electron chi connectivity index (χ3n) is 4.79. The van der Waals surface area contributed by atoms with E-state index < -0.39 is 18.4 Å². The van der Waals surface area contributed by atoms with E-state index in [-0.39, 0.29) is 12.2 Å². The monoisotopic (exact) mass is 367 g/mol. The van der Waals surface area contributed by atoms with Gasteiger partial charge in [-0.3, -0.25) is 0 Å². The zero-order chi connectivity index (χ0) is 18.5. The fourth-order valence-corrected chi connectivity index (χ4v) is 3.46. The van der Waals surface area contributed by atoms with Crippen molar-refractivity contribution in [2.45, 2.75) is 43.9 Å². The molecule has 2 heterocycles. The summed E-state index contributed by atoms with van der Waals surface area (Å²) < 4.78 is 23.8. The Morgan fingerprint density at radius 3 is 2.11 bits per heavy atom. The summed E-state index contributed by atoms with van der Waals surface area (Å²) in [5, 5.41) is 3.89. The van der Waals surface area contributed by atoms with Crippen LogP contribution >= 0.6 is 0 Å². The molecule has 2 fully saturated rings. The van der Waals surface area contributed by atoms with Gasteiger partial charge in [0.1, 0.15) is 24.4 Å². The van der Waals surface area contributed by atoms with Crippen molar-refractivity contribution in [2.75, 3.05) is 6.61 Å². The van der Waals surface area contributed by atoms with E-state index in [1.807, 2.05) is 60.7 Å². The molecule has 0 aliphatic carbocycles. The van der Waals surface area contributed by atoms with Gasteiger partial charge >= 0.3 is 0 Å². The Balaban J connectivity index is 1.52. The van der Waals surface area contributed by atoms with Crippen molar-refractivity contribution < 1.29 is 18.9 Å². The molecule has 7 heteroatoms. The van der Waals surface area contributed by atoms with Crippen LogP contribution in [0.4, 0.5) is 0 Å². The highest BCUT2D eigenvalue weighted by Crippen LogP contribution is 2.34. The number of nitrogens with zero attached hydrogens (tertiary/aromatic N) is 3. The molecule has 2 aromatic carbocycles. The Hall–Kier alpha value is -2.41. The highest BCUT2D eigenvalue weighted by molar-refractivity contribution is 5.15. The third-order valence-corrected chi connectivity index (χ3v) is 4.79. The van der Waals surface area contributed by atoms with Crippen LogP contribution in [-0.4, -0.2) is 37.3 Å². The number of rotatable bonds is 7. The van der Waals surface area contributed by atoms with Crippen LogP contribution in [-0.2, 0) is 32.2 Å². The molecule has 0 spiro atoms. The molecule has 27 heavy (non-hydrogen) atoms. The van der Waals surface area contributed by atoms with Gasteiger partial charge in [-0.25, -0.2) is 0 Å². The maximum Gasteiger partial charge on any atom is 0.169 e. The summed E-state index contributed by atoms with van der Waals surface area (Å²) in [6, 6.07) is 19.2. The van der Waals surface area contributed by atoms with Gasteiger partial charge < -0.3 is 18.9 Å². The van der Waals surface area contributed by atoms with E-state index in [0.717, 1.165) is 11.1 Å². The SMILES string of the molecule is [N-]=[N+]=N[C@@H]1C2OCC(O2)[C@@H](OCc2ccccc2)[C@H]1OCc1ccccc1. The van der Waals surface area contributed by atoms with Crippen molar-refractivity contribution in [3.63, 3.8) is 0 Å². The molecule has 0 saturated carbocycles. The summed E-state index contributed by atoms with van der Waals surface area (Å²) in [5.74, 6) is 0. The van der Waals surface area contributed by atoms with Gasteiger partial charge in [0.05, 0.1) is 19.8 Å². The molecular weight excluding hydrogens is 346 g/mol. The lowest BCUT2D eigenvalue weighted by atomic mass is 9.98. The number of benzene rings is 2. The summed E-state index contributed by atoms with van der Waals surface area (Å²) in [5.41, 5.74) is 11.1. The lowest BCUT2D eigenvalue weighted by Crippen LogP contribution is -2.55. The van der Waals surface area contributed by atoms with Crippen molar-refractivity contribution in [3.8, 4) is 0 Å². The minimum absolute atomic E-state index is 0.246. The predicted octanol–water partition coefficient (Wildman–Crippen LogP) is 3.59. The number of azide groups is 1. The van der Waals surface area contributed by atoms with Crippen LogP contribution in [0.1, 0.15) is 11.1 Å². The number of hydrogen-bond donors (Lipinski definition) is 0. The van der Waals surface area contributed by atoms with Crippen LogP contribution in [0.2, 0.25) is 0 Å². The average molecular weight is 367 g/mol. The molecule has 7 nitrogen and oxygen atoms in total. The largest absolute Gasteiger partial charge is 0.370 e. The highest BCUT2D eigenvalue weighted by atomic mass is 16.7. The van der Waals surface area contributed by atoms with E-state index in [1.165, 1.54) is 0 Å². The zero-order valence-corrected chi connectivity index (χ0v) is 14.8. The van der Waals surface area contributed by atoms with Crippen LogP contribution in [0.25, 0.3) is 10.4 Å². The van der Waals surface area contributed by atoms with Crippen LogP contribution in [0.3, 0.4) is 0 Å². The second-order valence-electron chi connectivity index (χ2n) is 6.59. The van der Waals surface area contributed by atoms with Gasteiger partial charge in [0.15, 0.2) is 6.29 Å². The fourth-order valence-electron chi connectivity index (χ4n) is 3.46. The first-order chi connectivity index (χ1) is 13.3. The van der Waals surface area contributed by atoms with Crippen LogP contribution in [0, 0.1) is 0 Å². The first-order valence-corrected chi connectivity index (χ1v) is 8.97. The van der Waals surface area contributed by atoms with Crippen molar-refractivity contribution in [1.29, 1.82) is 0 Å². The van der Waals surface area contributed by atoms with E-state index in [2.05, 4.69) is 10.0 Å². The van der Waals surface area contributed by atoms with E-state index >= 15 is 0 Å². The van der Waals surface area contributed by atoms with Gasteiger partial charge in [-0.15, -0.1) is 0 Å². The van der Waals surface area contributed by atoms with E-state index in [9.17, 15) is 0 Å². The zero-order valence-electron chi connectivity index (χ0n) is 14.8. The Bertz CT molecular complexity index is 782. The van der Waals surface area contributed by atoms with E-state index in [0.29, 0.717) is 19.8 Å². The second-order valence-corrected chi connectivity index (χ2v) is 6.59. The number of fused-ring (bicyclic) bond motifs is 2. The van der Waals surface area contributed by atoms with Crippen molar-refractivity contribution in [2.24, 2.45) is 5.11 Å². The minimum atomic E-state index is -0.599. The smallest absolute Gasteiger partial charge is 0.169 e. The van der Waals surface area contributed by atoms with Crippen LogP contribution in [0.15, 0.2) is 65.8 Å². The Morgan fingerprint density at radius 1 is 0.926 bits per heavy atom. The van der Waals surface area contributed by atoms with E-state index in [4.69, 9.17) is 24.5 Å². The van der Waals surface area contributed by atoms with Crippen molar-refractivity contribution in [3.05, 3.63) is 82.2 Å². The number of hydrogen-bond acceptors (Lipinski definition) is 5. The molecule has 0 radical (unpaired) electrons.